The van der Waals surface area contributed by atoms with E-state index < -0.39 is 14.9 Å². The Morgan fingerprint density at radius 1 is 1.19 bits per heavy atom. The first-order chi connectivity index (χ1) is 12.2. The van der Waals surface area contributed by atoms with Crippen molar-refractivity contribution in [2.75, 3.05) is 37.4 Å². The normalized spacial score (nSPS) is 11.2. The Labute approximate surface area is 151 Å². The molecule has 10 nitrogen and oxygen atoms in total. The van der Waals surface area contributed by atoms with Crippen LogP contribution in [0.2, 0.25) is 0 Å². The second kappa shape index (κ2) is 8.06. The maximum Gasteiger partial charge on any atom is 0.270 e. The zero-order chi connectivity index (χ0) is 19.3. The number of aryl methyl sites for hydroxylation is 1. The SMILES string of the molecule is Cc1nc(NCCNS(=O)(=O)c2cccc([N+](=O)[O-])c2)cc(N(C)C)n1. The zero-order valence-electron chi connectivity index (χ0n) is 14.6. The molecule has 0 fully saturated rings. The summed E-state index contributed by atoms with van der Waals surface area (Å²) in [5.41, 5.74) is -0.279. The quantitative estimate of drug-likeness (QED) is 0.396. The van der Waals surface area contributed by atoms with Gasteiger partial charge in [0.25, 0.3) is 5.69 Å². The van der Waals surface area contributed by atoms with Crippen LogP contribution >= 0.6 is 0 Å². The Hall–Kier alpha value is -2.79. The van der Waals surface area contributed by atoms with Gasteiger partial charge in [-0.15, -0.1) is 0 Å². The maximum atomic E-state index is 12.2. The van der Waals surface area contributed by atoms with Crippen LogP contribution in [0.15, 0.2) is 35.2 Å². The van der Waals surface area contributed by atoms with Crippen molar-refractivity contribution < 1.29 is 13.3 Å². The Bertz CT molecular complexity index is 901. The predicted octanol–water partition coefficient (Wildman–Crippen LogP) is 1.15. The molecule has 140 valence electrons. The minimum absolute atomic E-state index is 0.0887. The first-order valence-corrected chi connectivity index (χ1v) is 9.18. The minimum Gasteiger partial charge on any atom is -0.369 e. The molecule has 0 saturated heterocycles. The van der Waals surface area contributed by atoms with E-state index in [0.717, 1.165) is 11.9 Å². The van der Waals surface area contributed by atoms with Crippen LogP contribution in [0, 0.1) is 17.0 Å². The molecule has 2 N–H and O–H groups in total. The van der Waals surface area contributed by atoms with Crippen LogP contribution in [0.3, 0.4) is 0 Å². The number of anilines is 2. The topological polar surface area (TPSA) is 130 Å². The van der Waals surface area contributed by atoms with Crippen molar-refractivity contribution >= 4 is 27.3 Å². The molecule has 11 heteroatoms. The molecule has 0 atom stereocenters. The van der Waals surface area contributed by atoms with Crippen LogP contribution in [0.5, 0.6) is 0 Å². The van der Waals surface area contributed by atoms with Crippen LogP contribution in [-0.2, 0) is 10.0 Å². The van der Waals surface area contributed by atoms with E-state index >= 15 is 0 Å². The van der Waals surface area contributed by atoms with Crippen LogP contribution in [0.1, 0.15) is 5.82 Å². The average Bonchev–Trinajstić information content (AvgIpc) is 2.58. The standard InChI is InChI=1S/C15H20N6O4S/c1-11-18-14(10-15(19-11)20(2)3)16-7-8-17-26(24,25)13-6-4-5-12(9-13)21(22)23/h4-6,9-10,17H,7-8H2,1-3H3,(H,16,18,19). The second-order valence-electron chi connectivity index (χ2n) is 5.63. The van der Waals surface area contributed by atoms with Crippen molar-refractivity contribution in [2.24, 2.45) is 0 Å². The van der Waals surface area contributed by atoms with Gasteiger partial charge in [-0.2, -0.15) is 0 Å². The molecule has 1 heterocycles. The molecule has 1 aromatic carbocycles. The van der Waals surface area contributed by atoms with E-state index in [1.165, 1.54) is 18.2 Å². The Kier molecular flexibility index (Phi) is 6.05. The lowest BCUT2D eigenvalue weighted by Gasteiger charge is -2.14. The smallest absolute Gasteiger partial charge is 0.270 e. The summed E-state index contributed by atoms with van der Waals surface area (Å²) in [6.45, 7) is 2.14. The molecule has 0 unspecified atom stereocenters. The molecule has 0 spiro atoms. The summed E-state index contributed by atoms with van der Waals surface area (Å²) in [7, 11) is -0.116. The van der Waals surface area contributed by atoms with E-state index in [4.69, 9.17) is 0 Å². The lowest BCUT2D eigenvalue weighted by molar-refractivity contribution is -0.385. The predicted molar refractivity (Wildman–Crippen MR) is 97.9 cm³/mol. The third kappa shape index (κ3) is 5.10. The summed E-state index contributed by atoms with van der Waals surface area (Å²) in [5.74, 6) is 1.91. The van der Waals surface area contributed by atoms with E-state index in [0.29, 0.717) is 11.6 Å². The lowest BCUT2D eigenvalue weighted by Crippen LogP contribution is -2.29. The van der Waals surface area contributed by atoms with Crippen LogP contribution in [0.4, 0.5) is 17.3 Å². The fourth-order valence-electron chi connectivity index (χ4n) is 2.10. The third-order valence-electron chi connectivity index (χ3n) is 3.34. The molecule has 0 aliphatic carbocycles. The molecule has 0 amide bonds. The van der Waals surface area contributed by atoms with Crippen molar-refractivity contribution in [3.63, 3.8) is 0 Å². The number of non-ortho nitro benzene ring substituents is 1. The van der Waals surface area contributed by atoms with Crippen molar-refractivity contribution in [1.82, 2.24) is 14.7 Å². The summed E-state index contributed by atoms with van der Waals surface area (Å²) in [6.07, 6.45) is 0. The van der Waals surface area contributed by atoms with Gasteiger partial charge in [0.1, 0.15) is 17.5 Å². The highest BCUT2D eigenvalue weighted by Crippen LogP contribution is 2.17. The number of nitrogens with one attached hydrogen (secondary N) is 2. The Morgan fingerprint density at radius 2 is 1.92 bits per heavy atom. The van der Waals surface area contributed by atoms with Crippen molar-refractivity contribution in [3.8, 4) is 0 Å². The molecule has 0 aliphatic rings. The number of nitro benzene ring substituents is 1. The van der Waals surface area contributed by atoms with E-state index in [1.54, 1.807) is 13.0 Å². The van der Waals surface area contributed by atoms with Gasteiger partial charge >= 0.3 is 0 Å². The van der Waals surface area contributed by atoms with Gasteiger partial charge in [0, 0.05) is 45.4 Å². The number of aromatic nitrogens is 2. The largest absolute Gasteiger partial charge is 0.369 e. The number of benzene rings is 1. The molecular formula is C15H20N6O4S. The first kappa shape index (κ1) is 19.5. The number of nitrogens with zero attached hydrogens (tertiary/aromatic N) is 4. The van der Waals surface area contributed by atoms with Gasteiger partial charge in [-0.3, -0.25) is 10.1 Å². The number of rotatable bonds is 8. The molecule has 0 saturated carbocycles. The van der Waals surface area contributed by atoms with Gasteiger partial charge in [0.05, 0.1) is 9.82 Å². The molecule has 26 heavy (non-hydrogen) atoms. The minimum atomic E-state index is -3.84. The Morgan fingerprint density at radius 3 is 2.58 bits per heavy atom. The molecule has 0 radical (unpaired) electrons. The fourth-order valence-corrected chi connectivity index (χ4v) is 3.17. The average molecular weight is 380 g/mol. The van der Waals surface area contributed by atoms with Gasteiger partial charge in [-0.25, -0.2) is 23.1 Å². The maximum absolute atomic E-state index is 12.2. The van der Waals surface area contributed by atoms with E-state index in [1.807, 2.05) is 19.0 Å². The van der Waals surface area contributed by atoms with Crippen LogP contribution in [-0.4, -0.2) is 50.5 Å². The van der Waals surface area contributed by atoms with E-state index in [9.17, 15) is 18.5 Å². The highest BCUT2D eigenvalue weighted by atomic mass is 32.2. The van der Waals surface area contributed by atoms with Crippen LogP contribution < -0.4 is 14.9 Å². The zero-order valence-corrected chi connectivity index (χ0v) is 15.4. The number of sulfonamides is 1. The summed E-state index contributed by atoms with van der Waals surface area (Å²) >= 11 is 0. The number of hydrogen-bond acceptors (Lipinski definition) is 8. The van der Waals surface area contributed by atoms with Crippen molar-refractivity contribution in [2.45, 2.75) is 11.8 Å². The summed E-state index contributed by atoms with van der Waals surface area (Å²) in [4.78, 5) is 20.3. The van der Waals surface area contributed by atoms with Crippen molar-refractivity contribution in [3.05, 3.63) is 46.3 Å². The number of hydrogen-bond donors (Lipinski definition) is 2. The van der Waals surface area contributed by atoms with Gasteiger partial charge in [-0.1, -0.05) is 6.07 Å². The summed E-state index contributed by atoms with van der Waals surface area (Å²) < 4.78 is 26.8. The molecule has 1 aromatic heterocycles. The number of nitro groups is 1. The van der Waals surface area contributed by atoms with Gasteiger partial charge < -0.3 is 10.2 Å². The van der Waals surface area contributed by atoms with E-state index in [-0.39, 0.29) is 23.7 Å². The molecule has 2 rings (SSSR count). The van der Waals surface area contributed by atoms with Crippen molar-refractivity contribution in [1.29, 1.82) is 0 Å². The highest BCUT2D eigenvalue weighted by Gasteiger charge is 2.17. The molecular weight excluding hydrogens is 360 g/mol. The van der Waals surface area contributed by atoms with Crippen LogP contribution in [0.25, 0.3) is 0 Å². The fraction of sp³-hybridized carbons (Fsp3) is 0.333. The monoisotopic (exact) mass is 380 g/mol. The molecule has 0 bridgehead atoms. The third-order valence-corrected chi connectivity index (χ3v) is 4.80. The molecule has 0 aliphatic heterocycles. The van der Waals surface area contributed by atoms with E-state index in [2.05, 4.69) is 20.0 Å². The lowest BCUT2D eigenvalue weighted by atomic mass is 10.3. The Balaban J connectivity index is 1.97. The highest BCUT2D eigenvalue weighted by molar-refractivity contribution is 7.89. The van der Waals surface area contributed by atoms with Gasteiger partial charge in [0.2, 0.25) is 10.0 Å². The van der Waals surface area contributed by atoms with Gasteiger partial charge in [0.15, 0.2) is 0 Å². The second-order valence-corrected chi connectivity index (χ2v) is 7.40. The molecule has 2 aromatic rings. The summed E-state index contributed by atoms with van der Waals surface area (Å²) in [6, 6.07) is 6.65. The first-order valence-electron chi connectivity index (χ1n) is 7.70. The van der Waals surface area contributed by atoms with Gasteiger partial charge in [-0.05, 0) is 13.0 Å². The summed E-state index contributed by atoms with van der Waals surface area (Å²) in [5, 5.41) is 13.8.